The molecule has 1 unspecified atom stereocenters. The van der Waals surface area contributed by atoms with Gasteiger partial charge in [0.1, 0.15) is 0 Å². The number of nitrogens with two attached hydrogens (primary N) is 2. The summed E-state index contributed by atoms with van der Waals surface area (Å²) in [5.41, 5.74) is 12.3. The second kappa shape index (κ2) is 14.0. The Balaban J connectivity index is -0.000000454. The molecule has 0 amide bonds. The van der Waals surface area contributed by atoms with Gasteiger partial charge in [-0.3, -0.25) is 0 Å². The lowest BCUT2D eigenvalue weighted by molar-refractivity contribution is 0.197. The highest BCUT2D eigenvalue weighted by atomic mass is 15.0. The Labute approximate surface area is 185 Å². The maximum absolute atomic E-state index is 6.10. The van der Waals surface area contributed by atoms with Crippen LogP contribution in [0.2, 0.25) is 0 Å². The van der Waals surface area contributed by atoms with Crippen LogP contribution in [-0.4, -0.2) is 29.8 Å². The molecule has 1 atom stereocenters. The molecule has 0 aliphatic carbocycles. The molecule has 180 valence electrons. The molecule has 0 bridgehead atoms. The van der Waals surface area contributed by atoms with Gasteiger partial charge in [0.25, 0.3) is 0 Å². The number of hydrogen-bond donors (Lipinski definition) is 4. The van der Waals surface area contributed by atoms with Gasteiger partial charge in [-0.25, -0.2) is 0 Å². The van der Waals surface area contributed by atoms with E-state index in [0.29, 0.717) is 11.8 Å². The minimum Gasteiger partial charge on any atom is -0.325 e. The Morgan fingerprint density at radius 1 is 0.724 bits per heavy atom. The monoisotopic (exact) mass is 416 g/mol. The molecular weight excluding hydrogens is 356 g/mol. The van der Waals surface area contributed by atoms with Gasteiger partial charge < -0.3 is 22.1 Å². The van der Waals surface area contributed by atoms with Gasteiger partial charge in [-0.05, 0) is 85.1 Å². The first-order chi connectivity index (χ1) is 12.7. The van der Waals surface area contributed by atoms with Crippen LogP contribution >= 0.6 is 0 Å². The Morgan fingerprint density at radius 2 is 1.10 bits per heavy atom. The Hall–Kier alpha value is -0.160. The van der Waals surface area contributed by atoms with Crippen molar-refractivity contribution in [3.8, 4) is 0 Å². The van der Waals surface area contributed by atoms with E-state index in [9.17, 15) is 0 Å². The highest BCUT2D eigenvalue weighted by molar-refractivity contribution is 4.93. The Bertz CT molecular complexity index is 390. The summed E-state index contributed by atoms with van der Waals surface area (Å²) in [6.45, 7) is 30.6. The fourth-order valence-corrected chi connectivity index (χ4v) is 4.74. The number of hydrogen-bond acceptors (Lipinski definition) is 4. The van der Waals surface area contributed by atoms with Crippen molar-refractivity contribution in [2.75, 3.05) is 7.05 Å². The second-order valence-electron chi connectivity index (χ2n) is 12.0. The standard InChI is InChI=1S/C14H32N2.C9H22N2.C2H6/c1-11(2)9-13(5,6)16-14(7,8)10-12(3,4)15;1-7(2)6-9(3,4)8(10)11-5;1-2/h11,16H,9-10,15H2,1-8H3;7-8,11H,6,10H2,1-5H3;1-2H3. The summed E-state index contributed by atoms with van der Waals surface area (Å²) in [5, 5.41) is 6.83. The van der Waals surface area contributed by atoms with Gasteiger partial charge in [0.15, 0.2) is 0 Å². The van der Waals surface area contributed by atoms with E-state index < -0.39 is 0 Å². The van der Waals surface area contributed by atoms with E-state index in [0.717, 1.165) is 12.8 Å². The molecule has 0 radical (unpaired) electrons. The van der Waals surface area contributed by atoms with Gasteiger partial charge in [0, 0.05) is 16.6 Å². The van der Waals surface area contributed by atoms with Crippen molar-refractivity contribution in [3.63, 3.8) is 0 Å². The molecule has 0 aliphatic heterocycles. The highest BCUT2D eigenvalue weighted by Gasteiger charge is 2.31. The molecule has 0 rings (SSSR count). The van der Waals surface area contributed by atoms with E-state index in [4.69, 9.17) is 11.5 Å². The maximum atomic E-state index is 6.10. The molecule has 0 aromatic heterocycles. The van der Waals surface area contributed by atoms with Gasteiger partial charge in [-0.1, -0.05) is 55.4 Å². The van der Waals surface area contributed by atoms with Crippen LogP contribution in [-0.2, 0) is 0 Å². The molecule has 0 heterocycles. The number of rotatable bonds is 10. The van der Waals surface area contributed by atoms with E-state index in [-0.39, 0.29) is 28.2 Å². The smallest absolute Gasteiger partial charge is 0.0596 e. The topological polar surface area (TPSA) is 76.1 Å². The predicted octanol–water partition coefficient (Wildman–Crippen LogP) is 5.90. The Morgan fingerprint density at radius 3 is 1.38 bits per heavy atom. The van der Waals surface area contributed by atoms with Gasteiger partial charge in [-0.15, -0.1) is 0 Å². The van der Waals surface area contributed by atoms with Crippen molar-refractivity contribution in [2.24, 2.45) is 28.7 Å². The molecular formula is C25H60N4. The summed E-state index contributed by atoms with van der Waals surface area (Å²) in [4.78, 5) is 0. The zero-order valence-corrected chi connectivity index (χ0v) is 23.0. The first-order valence-corrected chi connectivity index (χ1v) is 11.7. The molecule has 4 heteroatoms. The maximum Gasteiger partial charge on any atom is 0.0596 e. The lowest BCUT2D eigenvalue weighted by Crippen LogP contribution is -2.56. The molecule has 4 nitrogen and oxygen atoms in total. The van der Waals surface area contributed by atoms with Crippen LogP contribution in [0.25, 0.3) is 0 Å². The second-order valence-corrected chi connectivity index (χ2v) is 12.0. The van der Waals surface area contributed by atoms with Crippen LogP contribution in [0.1, 0.15) is 116 Å². The summed E-state index contributed by atoms with van der Waals surface area (Å²) >= 11 is 0. The van der Waals surface area contributed by atoms with E-state index >= 15 is 0 Å². The van der Waals surface area contributed by atoms with Gasteiger partial charge in [-0.2, -0.15) is 0 Å². The van der Waals surface area contributed by atoms with Crippen molar-refractivity contribution in [3.05, 3.63) is 0 Å². The first-order valence-electron chi connectivity index (χ1n) is 11.7. The van der Waals surface area contributed by atoms with Crippen molar-refractivity contribution < 1.29 is 0 Å². The quantitative estimate of drug-likeness (QED) is 0.335. The highest BCUT2D eigenvalue weighted by Crippen LogP contribution is 2.27. The van der Waals surface area contributed by atoms with Crippen molar-refractivity contribution >= 4 is 0 Å². The van der Waals surface area contributed by atoms with E-state index in [1.807, 2.05) is 20.9 Å². The van der Waals surface area contributed by atoms with Gasteiger partial charge in [0.05, 0.1) is 6.17 Å². The van der Waals surface area contributed by atoms with Crippen molar-refractivity contribution in [1.82, 2.24) is 10.6 Å². The number of nitrogens with one attached hydrogen (secondary N) is 2. The van der Waals surface area contributed by atoms with Gasteiger partial charge in [0.2, 0.25) is 0 Å². The van der Waals surface area contributed by atoms with Crippen LogP contribution in [0.3, 0.4) is 0 Å². The average molecular weight is 417 g/mol. The van der Waals surface area contributed by atoms with E-state index in [1.54, 1.807) is 0 Å². The molecule has 0 aromatic rings. The third kappa shape index (κ3) is 20.9. The minimum absolute atomic E-state index is 0.0800. The third-order valence-corrected chi connectivity index (χ3v) is 4.58. The molecule has 0 saturated heterocycles. The van der Waals surface area contributed by atoms with Crippen LogP contribution in [0.15, 0.2) is 0 Å². The molecule has 6 N–H and O–H groups in total. The minimum atomic E-state index is -0.121. The fraction of sp³-hybridized carbons (Fsp3) is 1.00. The lowest BCUT2D eigenvalue weighted by Gasteiger charge is -2.41. The van der Waals surface area contributed by atoms with Crippen LogP contribution in [0, 0.1) is 17.3 Å². The zero-order chi connectivity index (χ0) is 24.3. The molecule has 0 fully saturated rings. The van der Waals surface area contributed by atoms with E-state index in [1.165, 1.54) is 6.42 Å². The Kier molecular flexibility index (Phi) is 16.2. The van der Waals surface area contributed by atoms with Crippen molar-refractivity contribution in [2.45, 2.75) is 139 Å². The zero-order valence-electron chi connectivity index (χ0n) is 23.0. The summed E-state index contributed by atoms with van der Waals surface area (Å²) < 4.78 is 0. The predicted molar refractivity (Wildman–Crippen MR) is 135 cm³/mol. The third-order valence-electron chi connectivity index (χ3n) is 4.58. The molecule has 0 spiro atoms. The van der Waals surface area contributed by atoms with Crippen LogP contribution in [0.5, 0.6) is 0 Å². The first kappa shape index (κ1) is 33.5. The molecule has 0 saturated carbocycles. The van der Waals surface area contributed by atoms with E-state index in [2.05, 4.69) is 93.7 Å². The SMILES string of the molecule is CC.CC(C)CC(C)(C)NC(C)(C)CC(C)(C)N.CNC(N)C(C)(C)CC(C)C. The normalized spacial score (nSPS) is 14.2. The van der Waals surface area contributed by atoms with Crippen LogP contribution < -0.4 is 22.1 Å². The summed E-state index contributed by atoms with van der Waals surface area (Å²) in [6, 6.07) is 0. The average Bonchev–Trinajstić information content (AvgIpc) is 2.42. The summed E-state index contributed by atoms with van der Waals surface area (Å²) in [6.07, 6.45) is 3.42. The summed E-state index contributed by atoms with van der Waals surface area (Å²) in [7, 11) is 1.91. The molecule has 0 aliphatic rings. The fourth-order valence-electron chi connectivity index (χ4n) is 4.74. The lowest BCUT2D eigenvalue weighted by atomic mass is 9.81. The van der Waals surface area contributed by atoms with Gasteiger partial charge >= 0.3 is 0 Å². The van der Waals surface area contributed by atoms with Crippen LogP contribution in [0.4, 0.5) is 0 Å². The largest absolute Gasteiger partial charge is 0.325 e. The van der Waals surface area contributed by atoms with Crippen molar-refractivity contribution in [1.29, 1.82) is 0 Å². The molecule has 29 heavy (non-hydrogen) atoms. The summed E-state index contributed by atoms with van der Waals surface area (Å²) in [5.74, 6) is 1.42. The molecule has 0 aromatic carbocycles.